The van der Waals surface area contributed by atoms with Crippen LogP contribution in [0.1, 0.15) is 5.56 Å². The molecule has 4 N–H and O–H groups in total. The zero-order chi connectivity index (χ0) is 13.1. The topological polar surface area (TPSA) is 77.9 Å². The molecular weight excluding hydrogens is 228 g/mol. The predicted octanol–water partition coefficient (Wildman–Crippen LogP) is 0.937. The van der Waals surface area contributed by atoms with Gasteiger partial charge in [0, 0.05) is 30.9 Å². The van der Waals surface area contributed by atoms with Crippen molar-refractivity contribution in [3.8, 4) is 11.3 Å². The number of nitrogens with one attached hydrogen (secondary N) is 2. The van der Waals surface area contributed by atoms with Crippen LogP contribution in [-0.2, 0) is 6.42 Å². The summed E-state index contributed by atoms with van der Waals surface area (Å²) in [5, 5.41) is 5.53. The molecule has 0 amide bonds. The summed E-state index contributed by atoms with van der Waals surface area (Å²) in [6, 6.07) is 8.03. The third kappa shape index (κ3) is 2.31. The van der Waals surface area contributed by atoms with Gasteiger partial charge in [0.15, 0.2) is 0 Å². The van der Waals surface area contributed by atoms with Crippen molar-refractivity contribution in [3.05, 3.63) is 40.2 Å². The van der Waals surface area contributed by atoms with E-state index in [1.54, 1.807) is 0 Å². The molecule has 0 bridgehead atoms. The highest BCUT2D eigenvalue weighted by molar-refractivity contribution is 5.65. The zero-order valence-electron chi connectivity index (χ0n) is 10.7. The van der Waals surface area contributed by atoms with E-state index in [2.05, 4.69) is 10.2 Å². The Labute approximate surface area is 106 Å². The Balaban J connectivity index is 2.39. The van der Waals surface area contributed by atoms with Crippen LogP contribution in [0.15, 0.2) is 29.1 Å². The lowest BCUT2D eigenvalue weighted by atomic mass is 10.1. The van der Waals surface area contributed by atoms with Crippen LogP contribution < -0.4 is 16.2 Å². The summed E-state index contributed by atoms with van der Waals surface area (Å²) in [5.41, 5.74) is 9.09. The van der Waals surface area contributed by atoms with Gasteiger partial charge in [-0.25, -0.2) is 0 Å². The standard InChI is InChI=1S/C13H18N4O/c1-17(2)10-5-3-9(4-6-10)12-11(7-8-14)13(18)16-15-12/h3-6H,7-8,14H2,1-2H3,(H2,15,16,18). The summed E-state index contributed by atoms with van der Waals surface area (Å²) in [5.74, 6) is 0. The number of rotatable bonds is 4. The quantitative estimate of drug-likeness (QED) is 0.751. The number of aromatic nitrogens is 2. The van der Waals surface area contributed by atoms with E-state index >= 15 is 0 Å². The lowest BCUT2D eigenvalue weighted by Gasteiger charge is -2.12. The Bertz CT molecular complexity index is 565. The molecular formula is C13H18N4O. The first-order valence-electron chi connectivity index (χ1n) is 5.91. The molecule has 0 spiro atoms. The van der Waals surface area contributed by atoms with Crippen LogP contribution in [0.25, 0.3) is 11.3 Å². The number of benzene rings is 1. The molecule has 0 aliphatic rings. The van der Waals surface area contributed by atoms with Crippen molar-refractivity contribution in [2.45, 2.75) is 6.42 Å². The van der Waals surface area contributed by atoms with Gasteiger partial charge in [0.2, 0.25) is 0 Å². The molecule has 0 aliphatic carbocycles. The molecule has 18 heavy (non-hydrogen) atoms. The van der Waals surface area contributed by atoms with Crippen LogP contribution in [0.2, 0.25) is 0 Å². The van der Waals surface area contributed by atoms with Crippen molar-refractivity contribution >= 4 is 5.69 Å². The number of hydrogen-bond acceptors (Lipinski definition) is 3. The molecule has 1 aromatic heterocycles. The first-order chi connectivity index (χ1) is 8.63. The van der Waals surface area contributed by atoms with E-state index in [1.807, 2.05) is 43.3 Å². The molecule has 0 radical (unpaired) electrons. The molecule has 1 heterocycles. The highest BCUT2D eigenvalue weighted by Crippen LogP contribution is 2.22. The van der Waals surface area contributed by atoms with Gasteiger partial charge in [-0.3, -0.25) is 15.0 Å². The van der Waals surface area contributed by atoms with Crippen molar-refractivity contribution < 1.29 is 0 Å². The van der Waals surface area contributed by atoms with Crippen LogP contribution in [-0.4, -0.2) is 30.8 Å². The number of aromatic amines is 2. The Morgan fingerprint density at radius 3 is 2.39 bits per heavy atom. The van der Waals surface area contributed by atoms with E-state index < -0.39 is 0 Å². The van der Waals surface area contributed by atoms with Crippen molar-refractivity contribution in [3.63, 3.8) is 0 Å². The zero-order valence-corrected chi connectivity index (χ0v) is 10.7. The van der Waals surface area contributed by atoms with Gasteiger partial charge in [0.1, 0.15) is 0 Å². The Kier molecular flexibility index (Phi) is 3.53. The third-order valence-corrected chi connectivity index (χ3v) is 2.94. The van der Waals surface area contributed by atoms with E-state index in [4.69, 9.17) is 5.73 Å². The van der Waals surface area contributed by atoms with Crippen LogP contribution >= 0.6 is 0 Å². The van der Waals surface area contributed by atoms with Crippen LogP contribution in [0.4, 0.5) is 5.69 Å². The lowest BCUT2D eigenvalue weighted by molar-refractivity contribution is 0.960. The lowest BCUT2D eigenvalue weighted by Crippen LogP contribution is -2.12. The highest BCUT2D eigenvalue weighted by Gasteiger charge is 2.10. The molecule has 0 saturated heterocycles. The fraction of sp³-hybridized carbons (Fsp3) is 0.308. The number of nitrogens with two attached hydrogens (primary N) is 1. The minimum Gasteiger partial charge on any atom is -0.378 e. The smallest absolute Gasteiger partial charge is 0.267 e. The van der Waals surface area contributed by atoms with E-state index in [0.717, 1.165) is 22.5 Å². The van der Waals surface area contributed by atoms with E-state index in [0.29, 0.717) is 13.0 Å². The molecule has 0 atom stereocenters. The van der Waals surface area contributed by atoms with Gasteiger partial charge in [-0.2, -0.15) is 0 Å². The second-order valence-corrected chi connectivity index (χ2v) is 4.41. The Morgan fingerprint density at radius 1 is 1.17 bits per heavy atom. The van der Waals surface area contributed by atoms with Gasteiger partial charge >= 0.3 is 0 Å². The Hall–Kier alpha value is -2.01. The predicted molar refractivity (Wildman–Crippen MR) is 73.9 cm³/mol. The van der Waals surface area contributed by atoms with Crippen molar-refractivity contribution in [1.29, 1.82) is 0 Å². The highest BCUT2D eigenvalue weighted by atomic mass is 16.1. The summed E-state index contributed by atoms with van der Waals surface area (Å²) in [7, 11) is 3.99. The maximum Gasteiger partial charge on any atom is 0.267 e. The molecule has 5 heteroatoms. The SMILES string of the molecule is CN(C)c1ccc(-c2[nH][nH]c(=O)c2CCN)cc1. The van der Waals surface area contributed by atoms with E-state index in [9.17, 15) is 4.79 Å². The van der Waals surface area contributed by atoms with Crippen molar-refractivity contribution in [1.82, 2.24) is 10.2 Å². The summed E-state index contributed by atoms with van der Waals surface area (Å²) < 4.78 is 0. The van der Waals surface area contributed by atoms with Gasteiger partial charge in [0.05, 0.1) is 5.69 Å². The molecule has 96 valence electrons. The largest absolute Gasteiger partial charge is 0.378 e. The second kappa shape index (κ2) is 5.10. The minimum absolute atomic E-state index is 0.0906. The molecule has 2 rings (SSSR count). The minimum atomic E-state index is -0.0906. The number of nitrogens with zero attached hydrogens (tertiary/aromatic N) is 1. The van der Waals surface area contributed by atoms with Crippen LogP contribution in [0.5, 0.6) is 0 Å². The first kappa shape index (κ1) is 12.4. The van der Waals surface area contributed by atoms with E-state index in [1.165, 1.54) is 0 Å². The van der Waals surface area contributed by atoms with Gasteiger partial charge < -0.3 is 10.6 Å². The van der Waals surface area contributed by atoms with Gasteiger partial charge in [-0.05, 0) is 25.1 Å². The molecule has 1 aromatic carbocycles. The van der Waals surface area contributed by atoms with Crippen molar-refractivity contribution in [2.24, 2.45) is 5.73 Å². The summed E-state index contributed by atoms with van der Waals surface area (Å²) in [6.45, 7) is 0.462. The van der Waals surface area contributed by atoms with Crippen molar-refractivity contribution in [2.75, 3.05) is 25.5 Å². The summed E-state index contributed by atoms with van der Waals surface area (Å²) in [6.07, 6.45) is 0.573. The monoisotopic (exact) mass is 246 g/mol. The molecule has 0 saturated carbocycles. The number of H-pyrrole nitrogens is 2. The van der Waals surface area contributed by atoms with Gasteiger partial charge in [-0.1, -0.05) is 12.1 Å². The third-order valence-electron chi connectivity index (χ3n) is 2.94. The number of anilines is 1. The van der Waals surface area contributed by atoms with E-state index in [-0.39, 0.29) is 5.56 Å². The Morgan fingerprint density at radius 2 is 1.83 bits per heavy atom. The second-order valence-electron chi connectivity index (χ2n) is 4.41. The fourth-order valence-corrected chi connectivity index (χ4v) is 1.94. The summed E-state index contributed by atoms with van der Waals surface area (Å²) in [4.78, 5) is 13.7. The molecule has 0 aliphatic heterocycles. The summed E-state index contributed by atoms with van der Waals surface area (Å²) >= 11 is 0. The maximum absolute atomic E-state index is 11.6. The molecule has 2 aromatic rings. The number of hydrogen-bond donors (Lipinski definition) is 3. The molecule has 0 fully saturated rings. The normalized spacial score (nSPS) is 10.6. The fourth-order valence-electron chi connectivity index (χ4n) is 1.94. The van der Waals surface area contributed by atoms with Crippen LogP contribution in [0, 0.1) is 0 Å². The molecule has 5 nitrogen and oxygen atoms in total. The van der Waals surface area contributed by atoms with Gasteiger partial charge in [0.25, 0.3) is 5.56 Å². The maximum atomic E-state index is 11.6. The van der Waals surface area contributed by atoms with Crippen LogP contribution in [0.3, 0.4) is 0 Å². The van der Waals surface area contributed by atoms with Gasteiger partial charge in [-0.15, -0.1) is 0 Å². The molecule has 0 unspecified atom stereocenters. The average Bonchev–Trinajstić information content (AvgIpc) is 2.72. The average molecular weight is 246 g/mol. The first-order valence-corrected chi connectivity index (χ1v) is 5.91.